The number of ether oxygens (including phenoxy) is 2. The first kappa shape index (κ1) is 23.2. The molecule has 0 fully saturated rings. The van der Waals surface area contributed by atoms with E-state index >= 15 is 0 Å². The summed E-state index contributed by atoms with van der Waals surface area (Å²) in [6.45, 7) is 2.63. The fourth-order valence-corrected chi connectivity index (χ4v) is 5.90. The predicted octanol–water partition coefficient (Wildman–Crippen LogP) is 5.71. The summed E-state index contributed by atoms with van der Waals surface area (Å²) in [5.74, 6) is 1.26. The summed E-state index contributed by atoms with van der Waals surface area (Å²) in [6, 6.07) is 17.6. The van der Waals surface area contributed by atoms with E-state index in [9.17, 15) is 9.90 Å². The van der Waals surface area contributed by atoms with Crippen LogP contribution in [-0.2, 0) is 13.0 Å². The molecule has 186 valence electrons. The van der Waals surface area contributed by atoms with Gasteiger partial charge in [-0.1, -0.05) is 30.3 Å². The number of thiazole rings is 1. The minimum Gasteiger partial charge on any atom is -0.488 e. The van der Waals surface area contributed by atoms with Gasteiger partial charge >= 0.3 is 6.09 Å². The van der Waals surface area contributed by atoms with Gasteiger partial charge in [0.15, 0.2) is 0 Å². The van der Waals surface area contributed by atoms with Crippen LogP contribution >= 0.6 is 11.3 Å². The number of amides is 1. The molecular weight excluding hydrogens is 488 g/mol. The van der Waals surface area contributed by atoms with Gasteiger partial charge < -0.3 is 19.5 Å². The average molecular weight is 513 g/mol. The number of aryl methyl sites for hydroxylation is 1. The molecule has 8 nitrogen and oxygen atoms in total. The molecule has 5 aromatic rings. The van der Waals surface area contributed by atoms with Crippen LogP contribution in [0.25, 0.3) is 31.8 Å². The van der Waals surface area contributed by atoms with Crippen LogP contribution < -0.4 is 9.47 Å². The van der Waals surface area contributed by atoms with Crippen LogP contribution in [0.3, 0.4) is 0 Å². The van der Waals surface area contributed by atoms with Gasteiger partial charge in [0.25, 0.3) is 0 Å². The first-order valence-corrected chi connectivity index (χ1v) is 12.7. The largest absolute Gasteiger partial charge is 0.488 e. The summed E-state index contributed by atoms with van der Waals surface area (Å²) in [7, 11) is 1.58. The van der Waals surface area contributed by atoms with Crippen LogP contribution in [0.4, 0.5) is 4.79 Å². The Kier molecular flexibility index (Phi) is 5.84. The lowest BCUT2D eigenvalue weighted by atomic mass is 10.1. The highest BCUT2D eigenvalue weighted by molar-refractivity contribution is 7.22. The molecule has 3 heterocycles. The second-order valence-corrected chi connectivity index (χ2v) is 10.1. The Hall–Kier alpha value is -4.24. The number of benzene rings is 3. The number of hydrogen-bond donors (Lipinski definition) is 1. The van der Waals surface area contributed by atoms with E-state index in [0.717, 1.165) is 54.3 Å². The zero-order chi connectivity index (χ0) is 25.5. The molecular formula is C28H24N4O4S. The highest BCUT2D eigenvalue weighted by Gasteiger charge is 2.29. The van der Waals surface area contributed by atoms with E-state index in [1.165, 1.54) is 4.90 Å². The first-order chi connectivity index (χ1) is 18.0. The zero-order valence-electron chi connectivity index (χ0n) is 20.3. The molecule has 0 saturated carbocycles. The average Bonchev–Trinajstić information content (AvgIpc) is 3.51. The molecule has 1 aliphatic heterocycles. The van der Waals surface area contributed by atoms with E-state index in [-0.39, 0.29) is 12.6 Å². The Morgan fingerprint density at radius 1 is 1.16 bits per heavy atom. The summed E-state index contributed by atoms with van der Waals surface area (Å²) in [4.78, 5) is 27.4. The van der Waals surface area contributed by atoms with Crippen LogP contribution in [-0.4, -0.2) is 50.8 Å². The van der Waals surface area contributed by atoms with Gasteiger partial charge in [0.2, 0.25) is 5.88 Å². The van der Waals surface area contributed by atoms with E-state index in [0.29, 0.717) is 18.8 Å². The van der Waals surface area contributed by atoms with Crippen molar-refractivity contribution in [3.63, 3.8) is 0 Å². The Morgan fingerprint density at radius 3 is 2.78 bits per heavy atom. The van der Waals surface area contributed by atoms with Gasteiger partial charge in [-0.3, -0.25) is 0 Å². The van der Waals surface area contributed by atoms with Crippen molar-refractivity contribution in [2.24, 2.45) is 0 Å². The SMILES string of the molecule is COc1cnc2c(-c3nc4ccc5c(c4s3)CC(CN(Cc3ccccc3)C(=O)O)O5)cc(C)cc2n1. The van der Waals surface area contributed by atoms with Gasteiger partial charge in [-0.2, -0.15) is 0 Å². The summed E-state index contributed by atoms with van der Waals surface area (Å²) in [5, 5.41) is 10.7. The van der Waals surface area contributed by atoms with E-state index in [1.807, 2.05) is 55.5 Å². The number of hydrogen-bond acceptors (Lipinski definition) is 7. The lowest BCUT2D eigenvalue weighted by molar-refractivity contribution is 0.113. The van der Waals surface area contributed by atoms with Crippen LogP contribution in [0.5, 0.6) is 11.6 Å². The summed E-state index contributed by atoms with van der Waals surface area (Å²) in [5.41, 5.74) is 6.42. The third kappa shape index (κ3) is 4.42. The molecule has 0 aliphatic carbocycles. The monoisotopic (exact) mass is 512 g/mol. The Morgan fingerprint density at radius 2 is 2.00 bits per heavy atom. The number of aromatic nitrogens is 3. The predicted molar refractivity (Wildman–Crippen MR) is 142 cm³/mol. The summed E-state index contributed by atoms with van der Waals surface area (Å²) in [6.07, 6.45) is 1.02. The molecule has 37 heavy (non-hydrogen) atoms. The van der Waals surface area contributed by atoms with Crippen LogP contribution in [0.15, 0.2) is 60.8 Å². The molecule has 6 rings (SSSR count). The minimum atomic E-state index is -0.960. The first-order valence-electron chi connectivity index (χ1n) is 11.9. The van der Waals surface area contributed by atoms with E-state index in [1.54, 1.807) is 24.6 Å². The molecule has 1 amide bonds. The smallest absolute Gasteiger partial charge is 0.407 e. The molecule has 1 aliphatic rings. The number of fused-ring (bicyclic) bond motifs is 4. The molecule has 0 radical (unpaired) electrons. The van der Waals surface area contributed by atoms with Gasteiger partial charge in [0.1, 0.15) is 16.9 Å². The number of methoxy groups -OCH3 is 1. The van der Waals surface area contributed by atoms with E-state index < -0.39 is 6.09 Å². The molecule has 0 spiro atoms. The van der Waals surface area contributed by atoms with Gasteiger partial charge in [0.05, 0.1) is 41.1 Å². The Bertz CT molecular complexity index is 1640. The van der Waals surface area contributed by atoms with Crippen molar-refractivity contribution in [1.82, 2.24) is 19.9 Å². The molecule has 2 aromatic heterocycles. The van der Waals surface area contributed by atoms with Gasteiger partial charge in [0, 0.05) is 24.1 Å². The van der Waals surface area contributed by atoms with Crippen molar-refractivity contribution in [2.45, 2.75) is 26.0 Å². The standard InChI is InChI=1S/C28H24N4O4S/c1-16-10-20(25-22(11-16)30-24(35-2)13-29-25)27-31-21-8-9-23-19(26(21)37-27)12-18(36-23)15-32(28(33)34)14-17-6-4-3-5-7-17/h3-11,13,18H,12,14-15H2,1-2H3,(H,33,34). The fourth-order valence-electron chi connectivity index (χ4n) is 4.77. The lowest BCUT2D eigenvalue weighted by Crippen LogP contribution is -2.37. The number of nitrogens with zero attached hydrogens (tertiary/aromatic N) is 4. The van der Waals surface area contributed by atoms with Crippen molar-refractivity contribution < 1.29 is 19.4 Å². The maximum atomic E-state index is 12.0. The quantitative estimate of drug-likeness (QED) is 0.311. The van der Waals surface area contributed by atoms with E-state index in [2.05, 4.69) is 16.0 Å². The lowest BCUT2D eigenvalue weighted by Gasteiger charge is -2.22. The van der Waals surface area contributed by atoms with Crippen molar-refractivity contribution in [3.8, 4) is 22.2 Å². The second kappa shape index (κ2) is 9.33. The van der Waals surface area contributed by atoms with Crippen LogP contribution in [0, 0.1) is 6.92 Å². The number of carboxylic acid groups (broad SMARTS) is 1. The normalized spacial score (nSPS) is 14.5. The third-order valence-electron chi connectivity index (χ3n) is 6.46. The topological polar surface area (TPSA) is 97.7 Å². The fraction of sp³-hybridized carbons (Fsp3) is 0.214. The van der Waals surface area contributed by atoms with Crippen molar-refractivity contribution in [1.29, 1.82) is 0 Å². The van der Waals surface area contributed by atoms with Crippen molar-refractivity contribution in [2.75, 3.05) is 13.7 Å². The van der Waals surface area contributed by atoms with Crippen LogP contribution in [0.1, 0.15) is 16.7 Å². The van der Waals surface area contributed by atoms with Crippen LogP contribution in [0.2, 0.25) is 0 Å². The number of rotatable bonds is 6. The minimum absolute atomic E-state index is 0.260. The maximum Gasteiger partial charge on any atom is 0.407 e. The molecule has 0 bridgehead atoms. The van der Waals surface area contributed by atoms with Gasteiger partial charge in [-0.05, 0) is 42.3 Å². The van der Waals surface area contributed by atoms with Gasteiger partial charge in [-0.15, -0.1) is 11.3 Å². The number of carbonyl (C=O) groups is 1. The van der Waals surface area contributed by atoms with Crippen molar-refractivity contribution in [3.05, 3.63) is 77.5 Å². The van der Waals surface area contributed by atoms with Crippen molar-refractivity contribution >= 4 is 38.7 Å². The molecule has 1 unspecified atom stereocenters. The maximum absolute atomic E-state index is 12.0. The molecule has 1 N–H and O–H groups in total. The summed E-state index contributed by atoms with van der Waals surface area (Å²) < 4.78 is 12.5. The second-order valence-electron chi connectivity index (χ2n) is 9.09. The highest BCUT2D eigenvalue weighted by atomic mass is 32.1. The molecule has 1 atom stereocenters. The third-order valence-corrected chi connectivity index (χ3v) is 7.63. The molecule has 9 heteroatoms. The Labute approximate surface area is 217 Å². The highest BCUT2D eigenvalue weighted by Crippen LogP contribution is 2.41. The van der Waals surface area contributed by atoms with Gasteiger partial charge in [-0.25, -0.2) is 19.7 Å². The summed E-state index contributed by atoms with van der Waals surface area (Å²) >= 11 is 1.60. The Balaban J connectivity index is 1.31. The van der Waals surface area contributed by atoms with E-state index in [4.69, 9.17) is 14.5 Å². The zero-order valence-corrected chi connectivity index (χ0v) is 21.2. The molecule has 3 aromatic carbocycles. The molecule has 0 saturated heterocycles.